The third-order valence-electron chi connectivity index (χ3n) is 3.71. The van der Waals surface area contributed by atoms with Crippen molar-refractivity contribution in [2.75, 3.05) is 6.61 Å². The van der Waals surface area contributed by atoms with Gasteiger partial charge in [0, 0.05) is 0 Å². The summed E-state index contributed by atoms with van der Waals surface area (Å²) in [6.07, 6.45) is 1.59. The molecule has 0 heterocycles. The lowest BCUT2D eigenvalue weighted by molar-refractivity contribution is -0.385. The average Bonchev–Trinajstić information content (AvgIpc) is 2.65. The van der Waals surface area contributed by atoms with E-state index >= 15 is 0 Å². The van der Waals surface area contributed by atoms with Gasteiger partial charge in [0.2, 0.25) is 0 Å². The van der Waals surface area contributed by atoms with E-state index in [4.69, 9.17) is 21.1 Å². The second-order valence-corrected chi connectivity index (χ2v) is 6.02. The summed E-state index contributed by atoms with van der Waals surface area (Å²) in [4.78, 5) is 35.1. The number of unbranched alkanes of at least 4 members (excludes halogenated alkanes) is 1. The maximum absolute atomic E-state index is 12.4. The van der Waals surface area contributed by atoms with Crippen LogP contribution in [0.2, 0.25) is 5.02 Å². The Morgan fingerprint density at radius 3 is 2.26 bits per heavy atom. The molecule has 0 bridgehead atoms. The van der Waals surface area contributed by atoms with Crippen LogP contribution in [0.25, 0.3) is 0 Å². The van der Waals surface area contributed by atoms with Gasteiger partial charge in [0.1, 0.15) is 11.6 Å². The standard InChI is InChI=1S/C19H18ClNO6/c1-2-3-11-26-18(22)14-8-4-5-9-15(14)19(23)27-12-13-7-6-10-16(20)17(13)21(24)25/h4-10H,2-3,11-12H2,1H3. The Morgan fingerprint density at radius 2 is 1.67 bits per heavy atom. The topological polar surface area (TPSA) is 95.7 Å². The van der Waals surface area contributed by atoms with Crippen molar-refractivity contribution in [2.45, 2.75) is 26.4 Å². The molecule has 0 amide bonds. The van der Waals surface area contributed by atoms with Crippen LogP contribution in [0.1, 0.15) is 46.0 Å². The van der Waals surface area contributed by atoms with Crippen LogP contribution in [-0.4, -0.2) is 23.5 Å². The van der Waals surface area contributed by atoms with E-state index in [0.717, 1.165) is 12.8 Å². The fourth-order valence-corrected chi connectivity index (χ4v) is 2.59. The highest BCUT2D eigenvalue weighted by molar-refractivity contribution is 6.32. The van der Waals surface area contributed by atoms with Gasteiger partial charge in [-0.25, -0.2) is 9.59 Å². The molecule has 0 fully saturated rings. The van der Waals surface area contributed by atoms with Crippen molar-refractivity contribution in [1.82, 2.24) is 0 Å². The molecule has 2 rings (SSSR count). The number of nitro benzene ring substituents is 1. The predicted octanol–water partition coefficient (Wildman–Crippen LogP) is 4.56. The molecule has 0 aliphatic heterocycles. The summed E-state index contributed by atoms with van der Waals surface area (Å²) in [6, 6.07) is 10.4. The van der Waals surface area contributed by atoms with E-state index < -0.39 is 16.9 Å². The smallest absolute Gasteiger partial charge is 0.339 e. The van der Waals surface area contributed by atoms with E-state index in [2.05, 4.69) is 0 Å². The summed E-state index contributed by atoms with van der Waals surface area (Å²) < 4.78 is 10.3. The lowest BCUT2D eigenvalue weighted by Gasteiger charge is -2.10. The maximum Gasteiger partial charge on any atom is 0.339 e. The molecule has 2 aromatic carbocycles. The van der Waals surface area contributed by atoms with Crippen molar-refractivity contribution >= 4 is 29.2 Å². The average molecular weight is 392 g/mol. The minimum absolute atomic E-state index is 0.0312. The van der Waals surface area contributed by atoms with Gasteiger partial charge in [0.25, 0.3) is 5.69 Å². The minimum Gasteiger partial charge on any atom is -0.462 e. The van der Waals surface area contributed by atoms with E-state index in [1.165, 1.54) is 30.3 Å². The van der Waals surface area contributed by atoms with Crippen LogP contribution in [0.3, 0.4) is 0 Å². The van der Waals surface area contributed by atoms with E-state index in [0.29, 0.717) is 0 Å². The summed E-state index contributed by atoms with van der Waals surface area (Å²) in [6.45, 7) is 1.87. The molecule has 0 unspecified atom stereocenters. The Kier molecular flexibility index (Phi) is 7.31. The van der Waals surface area contributed by atoms with Crippen molar-refractivity contribution in [3.8, 4) is 0 Å². The first kappa shape index (κ1) is 20.4. The molecule has 0 saturated heterocycles. The molecule has 142 valence electrons. The molecule has 27 heavy (non-hydrogen) atoms. The molecule has 0 aliphatic carbocycles. The van der Waals surface area contributed by atoms with Crippen LogP contribution in [0.15, 0.2) is 42.5 Å². The van der Waals surface area contributed by atoms with Gasteiger partial charge in [0.15, 0.2) is 0 Å². The van der Waals surface area contributed by atoms with Crippen molar-refractivity contribution < 1.29 is 24.0 Å². The van der Waals surface area contributed by atoms with E-state index in [1.54, 1.807) is 12.1 Å². The zero-order valence-electron chi connectivity index (χ0n) is 14.6. The van der Waals surface area contributed by atoms with Gasteiger partial charge in [-0.05, 0) is 30.7 Å². The van der Waals surface area contributed by atoms with Gasteiger partial charge in [0.05, 0.1) is 28.2 Å². The summed E-state index contributed by atoms with van der Waals surface area (Å²) >= 11 is 5.84. The number of esters is 2. The summed E-state index contributed by atoms with van der Waals surface area (Å²) in [7, 11) is 0. The lowest BCUT2D eigenvalue weighted by atomic mass is 10.1. The lowest BCUT2D eigenvalue weighted by Crippen LogP contribution is -2.14. The quantitative estimate of drug-likeness (QED) is 0.283. The summed E-state index contributed by atoms with van der Waals surface area (Å²) in [5.41, 5.74) is -0.0500. The Morgan fingerprint density at radius 1 is 1.04 bits per heavy atom. The van der Waals surface area contributed by atoms with E-state index in [9.17, 15) is 19.7 Å². The largest absolute Gasteiger partial charge is 0.462 e. The molecule has 7 nitrogen and oxygen atoms in total. The van der Waals surface area contributed by atoms with Crippen LogP contribution in [0.5, 0.6) is 0 Å². The second kappa shape index (κ2) is 9.68. The highest BCUT2D eigenvalue weighted by Crippen LogP contribution is 2.29. The van der Waals surface area contributed by atoms with Crippen molar-refractivity contribution in [3.63, 3.8) is 0 Å². The molecule has 0 aliphatic rings. The number of rotatable bonds is 8. The molecule has 0 radical (unpaired) electrons. The highest BCUT2D eigenvalue weighted by atomic mass is 35.5. The maximum atomic E-state index is 12.4. The molecule has 8 heteroatoms. The van der Waals surface area contributed by atoms with Crippen LogP contribution in [0, 0.1) is 10.1 Å². The number of carbonyl (C=O) groups excluding carboxylic acids is 2. The highest BCUT2D eigenvalue weighted by Gasteiger charge is 2.22. The number of para-hydroxylation sites is 1. The molecule has 2 aromatic rings. The fraction of sp³-hybridized carbons (Fsp3) is 0.263. The van der Waals surface area contributed by atoms with E-state index in [1.807, 2.05) is 6.92 Å². The van der Waals surface area contributed by atoms with Gasteiger partial charge in [-0.15, -0.1) is 0 Å². The Hall–Kier alpha value is -2.93. The zero-order valence-corrected chi connectivity index (χ0v) is 15.4. The van der Waals surface area contributed by atoms with Crippen molar-refractivity contribution in [3.05, 3.63) is 74.3 Å². The minimum atomic E-state index is -0.785. The van der Waals surface area contributed by atoms with Crippen LogP contribution >= 0.6 is 11.6 Å². The molecular formula is C19H18ClNO6. The first-order valence-electron chi connectivity index (χ1n) is 8.30. The fourth-order valence-electron chi connectivity index (χ4n) is 2.33. The van der Waals surface area contributed by atoms with Crippen molar-refractivity contribution in [1.29, 1.82) is 0 Å². The molecule has 0 saturated carbocycles. The Labute approximate surface area is 161 Å². The Balaban J connectivity index is 2.15. The monoisotopic (exact) mass is 391 g/mol. The zero-order chi connectivity index (χ0) is 19.8. The Bertz CT molecular complexity index is 852. The first-order valence-corrected chi connectivity index (χ1v) is 8.68. The third kappa shape index (κ3) is 5.27. The van der Waals surface area contributed by atoms with Crippen LogP contribution in [0.4, 0.5) is 5.69 Å². The number of hydrogen-bond donors (Lipinski definition) is 0. The number of carbonyl (C=O) groups is 2. The normalized spacial score (nSPS) is 10.3. The number of ether oxygens (including phenoxy) is 2. The third-order valence-corrected chi connectivity index (χ3v) is 4.01. The van der Waals surface area contributed by atoms with Gasteiger partial charge in [-0.3, -0.25) is 10.1 Å². The van der Waals surface area contributed by atoms with Crippen molar-refractivity contribution in [2.24, 2.45) is 0 Å². The second-order valence-electron chi connectivity index (χ2n) is 5.62. The summed E-state index contributed by atoms with van der Waals surface area (Å²) in [5, 5.41) is 11.1. The molecule has 0 aromatic heterocycles. The number of nitrogens with zero attached hydrogens (tertiary/aromatic N) is 1. The first-order chi connectivity index (χ1) is 13.0. The van der Waals surface area contributed by atoms with Crippen LogP contribution < -0.4 is 0 Å². The number of hydrogen-bond acceptors (Lipinski definition) is 6. The number of halogens is 1. The predicted molar refractivity (Wildman–Crippen MR) is 98.9 cm³/mol. The van der Waals surface area contributed by atoms with Crippen LogP contribution in [-0.2, 0) is 16.1 Å². The number of nitro groups is 1. The van der Waals surface area contributed by atoms with Gasteiger partial charge in [-0.1, -0.05) is 43.1 Å². The van der Waals surface area contributed by atoms with Gasteiger partial charge < -0.3 is 9.47 Å². The molecule has 0 spiro atoms. The molecule has 0 N–H and O–H groups in total. The summed E-state index contributed by atoms with van der Waals surface area (Å²) in [5.74, 6) is -1.41. The van der Waals surface area contributed by atoms with Gasteiger partial charge in [-0.2, -0.15) is 0 Å². The molecule has 0 atom stereocenters. The van der Waals surface area contributed by atoms with E-state index in [-0.39, 0.29) is 40.6 Å². The SMILES string of the molecule is CCCCOC(=O)c1ccccc1C(=O)OCc1cccc(Cl)c1[N+](=O)[O-]. The molecular weight excluding hydrogens is 374 g/mol. The van der Waals surface area contributed by atoms with Gasteiger partial charge >= 0.3 is 11.9 Å². The number of benzene rings is 2.